The van der Waals surface area contributed by atoms with Crippen LogP contribution in [-0.4, -0.2) is 0 Å². The summed E-state index contributed by atoms with van der Waals surface area (Å²) in [5.74, 6) is 0.222. The van der Waals surface area contributed by atoms with Crippen LogP contribution in [0.15, 0.2) is 218 Å². The first-order chi connectivity index (χ1) is 34.4. The molecule has 1 unspecified atom stereocenters. The van der Waals surface area contributed by atoms with E-state index in [2.05, 4.69) is 242 Å². The first-order valence-electron chi connectivity index (χ1n) is 25.8. The molecule has 1 nitrogen and oxygen atoms in total. The zero-order chi connectivity index (χ0) is 48.8. The molecule has 0 aromatic heterocycles. The minimum atomic E-state index is -0.265. The highest BCUT2D eigenvalue weighted by Crippen LogP contribution is 2.60. The fourth-order valence-corrected chi connectivity index (χ4v) is 13.1. The third-order valence-electron chi connectivity index (χ3n) is 16.8. The highest BCUT2D eigenvalue weighted by molar-refractivity contribution is 6.01. The molecule has 0 fully saturated rings. The van der Waals surface area contributed by atoms with Gasteiger partial charge in [0.05, 0.1) is 0 Å². The second kappa shape index (κ2) is 16.8. The zero-order valence-electron chi connectivity index (χ0n) is 42.4. The lowest BCUT2D eigenvalue weighted by molar-refractivity contribution is 0.653. The van der Waals surface area contributed by atoms with Gasteiger partial charge in [0.15, 0.2) is 0 Å². The Morgan fingerprint density at radius 1 is 0.507 bits per heavy atom. The number of benzene rings is 7. The van der Waals surface area contributed by atoms with E-state index in [4.69, 9.17) is 0 Å². The minimum Gasteiger partial charge on any atom is -0.310 e. The smallest absolute Gasteiger partial charge is 0.0465 e. The van der Waals surface area contributed by atoms with E-state index in [1.165, 1.54) is 123 Å². The zero-order valence-corrected chi connectivity index (χ0v) is 42.4. The number of nitrogens with zero attached hydrogens (tertiary/aromatic N) is 1. The van der Waals surface area contributed by atoms with Crippen LogP contribution in [0.1, 0.15) is 124 Å². The lowest BCUT2D eigenvalue weighted by Gasteiger charge is -2.32. The van der Waals surface area contributed by atoms with E-state index in [9.17, 15) is 0 Å². The van der Waals surface area contributed by atoms with Crippen LogP contribution in [0.25, 0.3) is 44.5 Å². The predicted octanol–water partition coefficient (Wildman–Crippen LogP) is 19.0. The van der Waals surface area contributed by atoms with Gasteiger partial charge in [-0.15, -0.1) is 0 Å². The molecule has 0 spiro atoms. The number of hydrogen-bond acceptors (Lipinski definition) is 1. The number of hydrogen-bond donors (Lipinski definition) is 0. The summed E-state index contributed by atoms with van der Waals surface area (Å²) < 4.78 is 0. The minimum absolute atomic E-state index is 0.0778. The lowest BCUT2D eigenvalue weighted by Crippen LogP contribution is -2.21. The maximum absolute atomic E-state index is 3.80. The summed E-state index contributed by atoms with van der Waals surface area (Å²) >= 11 is 0. The summed E-state index contributed by atoms with van der Waals surface area (Å²) in [6, 6.07) is 60.5. The third kappa shape index (κ3) is 7.11. The first kappa shape index (κ1) is 44.7. The van der Waals surface area contributed by atoms with Gasteiger partial charge in [0.25, 0.3) is 0 Å². The summed E-state index contributed by atoms with van der Waals surface area (Å²) in [5, 5.41) is 0. The van der Waals surface area contributed by atoms with Crippen LogP contribution in [0.3, 0.4) is 0 Å². The van der Waals surface area contributed by atoms with Crippen molar-refractivity contribution in [1.82, 2.24) is 0 Å². The van der Waals surface area contributed by atoms with Crippen molar-refractivity contribution in [1.29, 1.82) is 0 Å². The molecule has 0 bridgehead atoms. The quantitative estimate of drug-likeness (QED) is 0.130. The lowest BCUT2D eigenvalue weighted by atomic mass is 9.71. The van der Waals surface area contributed by atoms with Crippen molar-refractivity contribution < 1.29 is 0 Å². The molecule has 5 aliphatic carbocycles. The van der Waals surface area contributed by atoms with Gasteiger partial charge in [-0.1, -0.05) is 212 Å². The highest BCUT2D eigenvalue weighted by atomic mass is 15.1. The Morgan fingerprint density at radius 2 is 1.08 bits per heavy atom. The van der Waals surface area contributed by atoms with Gasteiger partial charge < -0.3 is 4.90 Å². The molecule has 0 heterocycles. The van der Waals surface area contributed by atoms with Gasteiger partial charge in [-0.25, -0.2) is 0 Å². The highest BCUT2D eigenvalue weighted by Gasteiger charge is 2.45. The van der Waals surface area contributed by atoms with Crippen molar-refractivity contribution in [3.8, 4) is 22.3 Å². The topological polar surface area (TPSA) is 3.24 Å². The molecule has 1 heteroatoms. The van der Waals surface area contributed by atoms with Crippen molar-refractivity contribution in [3.63, 3.8) is 0 Å². The summed E-state index contributed by atoms with van der Waals surface area (Å²) in [4.78, 5) is 2.56. The molecule has 0 aliphatic heterocycles. The Balaban J connectivity index is 0.976. The fraction of sp³-hybridized carbons (Fsp3) is 0.200. The molecular weight excluding hydrogens is 855 g/mol. The van der Waals surface area contributed by atoms with Crippen LogP contribution in [0.4, 0.5) is 17.1 Å². The van der Waals surface area contributed by atoms with E-state index in [0.717, 1.165) is 19.3 Å². The van der Waals surface area contributed by atoms with Crippen LogP contribution in [-0.2, 0) is 16.2 Å². The second-order valence-electron chi connectivity index (χ2n) is 22.0. The monoisotopic (exact) mass is 917 g/mol. The molecule has 0 saturated carbocycles. The van der Waals surface area contributed by atoms with Gasteiger partial charge in [0.1, 0.15) is 0 Å². The Hall–Kier alpha value is -7.48. The van der Waals surface area contributed by atoms with E-state index >= 15 is 0 Å². The van der Waals surface area contributed by atoms with Gasteiger partial charge in [-0.05, 0) is 168 Å². The summed E-state index contributed by atoms with van der Waals surface area (Å²) in [5.41, 5.74) is 28.9. The van der Waals surface area contributed by atoms with Crippen molar-refractivity contribution in [3.05, 3.63) is 268 Å². The molecule has 5 aliphatic rings. The molecule has 71 heavy (non-hydrogen) atoms. The molecule has 12 rings (SSSR count). The van der Waals surface area contributed by atoms with E-state index in [1.54, 1.807) is 0 Å². The van der Waals surface area contributed by atoms with E-state index in [-0.39, 0.29) is 22.2 Å². The summed E-state index contributed by atoms with van der Waals surface area (Å²) in [6.45, 7) is 20.5. The molecule has 7 aromatic rings. The Bertz CT molecular complexity index is 3520. The largest absolute Gasteiger partial charge is 0.310 e. The molecule has 0 radical (unpaired) electrons. The van der Waals surface area contributed by atoms with Crippen molar-refractivity contribution in [2.75, 3.05) is 4.90 Å². The third-order valence-corrected chi connectivity index (χ3v) is 16.8. The van der Waals surface area contributed by atoms with Gasteiger partial charge in [-0.3, -0.25) is 0 Å². The van der Waals surface area contributed by atoms with Crippen LogP contribution in [0, 0.1) is 0 Å². The maximum atomic E-state index is 3.80. The van der Waals surface area contributed by atoms with Gasteiger partial charge >= 0.3 is 0 Å². The Morgan fingerprint density at radius 3 is 1.77 bits per heavy atom. The number of fused-ring (bicyclic) bond motifs is 8. The Labute approximate surface area is 422 Å². The molecule has 7 aromatic carbocycles. The number of allylic oxidation sites excluding steroid dienone is 13. The average Bonchev–Trinajstić information content (AvgIpc) is 3.89. The number of anilines is 3. The average molecular weight is 918 g/mol. The van der Waals surface area contributed by atoms with Crippen molar-refractivity contribution in [2.24, 2.45) is 0 Å². The molecule has 0 saturated heterocycles. The molecular formula is C70H63N. The van der Waals surface area contributed by atoms with Gasteiger partial charge in [-0.2, -0.15) is 0 Å². The van der Waals surface area contributed by atoms with Gasteiger partial charge in [0, 0.05) is 39.2 Å². The number of rotatable bonds is 9. The SMILES string of the molecule is C=C/C=C\C=C(/C)c1ccc(-c2ccc(C3CC=C(c4ccccc4)C4=C3c3ccc(N(c5ccc6c(c5)C(C)(C)C5=CCCC=C56)c5ccc6c(c5)C(C)(C)c5ccccc5-6)cc3C4(C)C)cc2)cc1. The van der Waals surface area contributed by atoms with E-state index < -0.39 is 0 Å². The van der Waals surface area contributed by atoms with Crippen LogP contribution in [0.5, 0.6) is 0 Å². The normalized spacial score (nSPS) is 18.7. The maximum Gasteiger partial charge on any atom is 0.0465 e. The summed E-state index contributed by atoms with van der Waals surface area (Å²) in [6.07, 6.45) is 18.6. The first-order valence-corrected chi connectivity index (χ1v) is 25.8. The van der Waals surface area contributed by atoms with Crippen LogP contribution in [0.2, 0.25) is 0 Å². The van der Waals surface area contributed by atoms with Crippen LogP contribution < -0.4 is 4.90 Å². The standard InChI is InChI=1S/C70H63N/c1-9-10-12-19-45(2)46-26-28-47(29-27-46)48-30-32-50(33-31-48)54-40-41-55(49-20-13-11-14-21-49)67-66(54)60-39-36-53(44-65(60)70(67,7)8)71(51-34-37-58-56-22-15-17-24-61(56)68(3,4)63(58)42-51)52-35-38-59-57-23-16-18-25-62(57)69(5,6)64(59)43-52/h9-15,17,19-39,41-44,54H,1,16,18,40H2,2-8H3/b12-10-,45-19+. The fourth-order valence-electron chi connectivity index (χ4n) is 13.1. The molecule has 348 valence electrons. The molecule has 1 atom stereocenters. The van der Waals surface area contributed by atoms with Crippen LogP contribution >= 0.6 is 0 Å². The second-order valence-corrected chi connectivity index (χ2v) is 22.0. The van der Waals surface area contributed by atoms with Gasteiger partial charge in [0.2, 0.25) is 0 Å². The predicted molar refractivity (Wildman–Crippen MR) is 304 cm³/mol. The van der Waals surface area contributed by atoms with Crippen molar-refractivity contribution in [2.45, 2.75) is 89.9 Å². The van der Waals surface area contributed by atoms with E-state index in [1.807, 2.05) is 18.2 Å². The summed E-state index contributed by atoms with van der Waals surface area (Å²) in [7, 11) is 0. The van der Waals surface area contributed by atoms with Crippen molar-refractivity contribution >= 4 is 39.4 Å². The molecule has 0 N–H and O–H groups in total. The Kier molecular flexibility index (Phi) is 10.6. The molecule has 0 amide bonds. The van der Waals surface area contributed by atoms with E-state index in [0.29, 0.717) is 0 Å².